The SMILES string of the molecule is COc1cc(F)cc(F)c1[B]c1c(F)c(F)c(OC)c(F)c1F. The smallest absolute Gasteiger partial charge is 0.208 e. The number of ether oxygens (including phenoxy) is 2. The van der Waals surface area contributed by atoms with E-state index < -0.39 is 57.3 Å². The summed E-state index contributed by atoms with van der Waals surface area (Å²) < 4.78 is 90.9. The summed E-state index contributed by atoms with van der Waals surface area (Å²) >= 11 is 0. The van der Waals surface area contributed by atoms with Crippen molar-refractivity contribution in [2.45, 2.75) is 0 Å². The highest BCUT2D eigenvalue weighted by Gasteiger charge is 2.28. The van der Waals surface area contributed by atoms with E-state index in [4.69, 9.17) is 4.74 Å². The van der Waals surface area contributed by atoms with Crippen molar-refractivity contribution in [2.75, 3.05) is 14.2 Å². The van der Waals surface area contributed by atoms with Crippen molar-refractivity contribution < 1.29 is 35.8 Å². The molecule has 0 aromatic heterocycles. The first-order valence-corrected chi connectivity index (χ1v) is 6.09. The third-order valence-corrected chi connectivity index (χ3v) is 3.03. The molecule has 1 radical (unpaired) electrons. The molecule has 0 aliphatic carbocycles. The second kappa shape index (κ2) is 6.43. The van der Waals surface area contributed by atoms with Crippen molar-refractivity contribution in [1.82, 2.24) is 0 Å². The number of hydrogen-bond donors (Lipinski definition) is 0. The molecule has 2 nitrogen and oxygen atoms in total. The Morgan fingerprint density at radius 2 is 1.30 bits per heavy atom. The molecule has 0 saturated carbocycles. The number of halogens is 6. The van der Waals surface area contributed by atoms with Crippen LogP contribution in [0.15, 0.2) is 12.1 Å². The second-order valence-electron chi connectivity index (χ2n) is 4.35. The minimum atomic E-state index is -1.79. The molecule has 0 aliphatic rings. The Labute approximate surface area is 127 Å². The van der Waals surface area contributed by atoms with Gasteiger partial charge in [0, 0.05) is 12.1 Å². The van der Waals surface area contributed by atoms with Crippen LogP contribution in [0.5, 0.6) is 11.5 Å². The van der Waals surface area contributed by atoms with Gasteiger partial charge in [-0.2, -0.15) is 8.78 Å². The summed E-state index contributed by atoms with van der Waals surface area (Å²) in [4.78, 5) is 0. The Morgan fingerprint density at radius 3 is 1.78 bits per heavy atom. The molecular weight excluding hydrogens is 325 g/mol. The van der Waals surface area contributed by atoms with Crippen LogP contribution in [0, 0.1) is 34.9 Å². The van der Waals surface area contributed by atoms with Crippen molar-refractivity contribution in [2.24, 2.45) is 0 Å². The third-order valence-electron chi connectivity index (χ3n) is 3.03. The van der Waals surface area contributed by atoms with Gasteiger partial charge in [-0.25, -0.2) is 17.6 Å². The second-order valence-corrected chi connectivity index (χ2v) is 4.35. The van der Waals surface area contributed by atoms with Crippen molar-refractivity contribution in [3.05, 3.63) is 47.0 Å². The molecule has 0 saturated heterocycles. The van der Waals surface area contributed by atoms with E-state index in [1.54, 1.807) is 0 Å². The minimum absolute atomic E-state index is 0.405. The first-order valence-electron chi connectivity index (χ1n) is 6.09. The van der Waals surface area contributed by atoms with Crippen LogP contribution in [-0.2, 0) is 0 Å². The predicted molar refractivity (Wildman–Crippen MR) is 70.8 cm³/mol. The summed E-state index contributed by atoms with van der Waals surface area (Å²) in [5.74, 6) is -11.0. The van der Waals surface area contributed by atoms with Gasteiger partial charge in [-0.05, 0) is 10.9 Å². The Hall–Kier alpha value is -2.32. The quantitative estimate of drug-likeness (QED) is 0.485. The summed E-state index contributed by atoms with van der Waals surface area (Å²) in [5, 5.41) is 0. The van der Waals surface area contributed by atoms with Crippen LogP contribution in [0.1, 0.15) is 0 Å². The summed E-state index contributed by atoms with van der Waals surface area (Å²) in [5.41, 5.74) is -1.76. The number of hydrogen-bond acceptors (Lipinski definition) is 2. The Morgan fingerprint density at radius 1 is 0.739 bits per heavy atom. The molecule has 0 amide bonds. The fourth-order valence-corrected chi connectivity index (χ4v) is 1.95. The van der Waals surface area contributed by atoms with Gasteiger partial charge in [0.15, 0.2) is 17.4 Å². The predicted octanol–water partition coefficient (Wildman–Crippen LogP) is 2.19. The van der Waals surface area contributed by atoms with E-state index in [1.807, 2.05) is 0 Å². The minimum Gasteiger partial charge on any atom is -0.497 e. The monoisotopic (exact) mass is 333 g/mol. The highest BCUT2D eigenvalue weighted by Crippen LogP contribution is 2.25. The van der Waals surface area contributed by atoms with Crippen molar-refractivity contribution in [3.63, 3.8) is 0 Å². The van der Waals surface area contributed by atoms with Crippen LogP contribution >= 0.6 is 0 Å². The van der Waals surface area contributed by atoms with Crippen LogP contribution in [0.2, 0.25) is 0 Å². The van der Waals surface area contributed by atoms with E-state index in [0.29, 0.717) is 13.3 Å². The van der Waals surface area contributed by atoms with Crippen molar-refractivity contribution in [3.8, 4) is 11.5 Å². The first kappa shape index (κ1) is 17.0. The lowest BCUT2D eigenvalue weighted by molar-refractivity contribution is 0.335. The fraction of sp³-hybridized carbons (Fsp3) is 0.143. The highest BCUT2D eigenvalue weighted by atomic mass is 19.2. The van der Waals surface area contributed by atoms with Gasteiger partial charge in [0.25, 0.3) is 0 Å². The maximum absolute atomic E-state index is 13.9. The molecule has 121 valence electrons. The molecule has 0 heterocycles. The van der Waals surface area contributed by atoms with E-state index in [0.717, 1.165) is 20.3 Å². The van der Waals surface area contributed by atoms with E-state index >= 15 is 0 Å². The van der Waals surface area contributed by atoms with Crippen molar-refractivity contribution in [1.29, 1.82) is 0 Å². The standard InChI is InChI=1S/C14H8BF6O2/c1-22-7-4-5(16)3-6(17)8(7)15-9-10(18)12(20)14(23-2)13(21)11(9)19/h3-4H,1-2H3. The maximum atomic E-state index is 13.9. The molecule has 0 N–H and O–H groups in total. The lowest BCUT2D eigenvalue weighted by atomic mass is 9.62. The molecule has 23 heavy (non-hydrogen) atoms. The molecule has 2 aromatic carbocycles. The summed E-state index contributed by atoms with van der Waals surface area (Å²) in [7, 11) is 2.36. The topological polar surface area (TPSA) is 18.5 Å². The zero-order valence-electron chi connectivity index (χ0n) is 11.8. The molecule has 2 aromatic rings. The molecule has 0 fully saturated rings. The lowest BCUT2D eigenvalue weighted by Crippen LogP contribution is -2.37. The lowest BCUT2D eigenvalue weighted by Gasteiger charge is -2.13. The molecule has 0 bridgehead atoms. The van der Waals surface area contributed by atoms with Gasteiger partial charge >= 0.3 is 0 Å². The molecule has 9 heteroatoms. The number of rotatable bonds is 4. The van der Waals surface area contributed by atoms with Gasteiger partial charge in [-0.15, -0.1) is 0 Å². The van der Waals surface area contributed by atoms with Gasteiger partial charge in [0.05, 0.1) is 14.2 Å². The summed E-state index contributed by atoms with van der Waals surface area (Å²) in [6.07, 6.45) is 0. The van der Waals surface area contributed by atoms with Crippen LogP contribution < -0.4 is 20.4 Å². The van der Waals surface area contributed by atoms with Crippen molar-refractivity contribution >= 4 is 18.2 Å². The normalized spacial score (nSPS) is 10.6. The van der Waals surface area contributed by atoms with Gasteiger partial charge in [-0.3, -0.25) is 0 Å². The van der Waals surface area contributed by atoms with Crippen LogP contribution in [0.4, 0.5) is 26.3 Å². The zero-order valence-corrected chi connectivity index (χ0v) is 11.8. The van der Waals surface area contributed by atoms with E-state index in [1.165, 1.54) is 0 Å². The molecule has 0 spiro atoms. The van der Waals surface area contributed by atoms with Gasteiger partial charge < -0.3 is 9.47 Å². The Kier molecular flexibility index (Phi) is 4.77. The van der Waals surface area contributed by atoms with E-state index in [-0.39, 0.29) is 0 Å². The molecule has 0 unspecified atom stereocenters. The van der Waals surface area contributed by atoms with Gasteiger partial charge in [0.1, 0.15) is 17.4 Å². The molecule has 2 rings (SSSR count). The molecule has 0 aliphatic heterocycles. The average molecular weight is 333 g/mol. The number of benzene rings is 2. The third kappa shape index (κ3) is 2.95. The first-order chi connectivity index (χ1) is 10.8. The Balaban J connectivity index is 2.63. The summed E-state index contributed by atoms with van der Waals surface area (Å²) in [6.45, 7) is 0. The molecular formula is C14H8BF6O2. The van der Waals surface area contributed by atoms with Crippen LogP contribution in [-0.4, -0.2) is 21.5 Å². The van der Waals surface area contributed by atoms with Gasteiger partial charge in [-0.1, -0.05) is 0 Å². The maximum Gasteiger partial charge on any atom is 0.208 e. The average Bonchev–Trinajstić information content (AvgIpc) is 2.51. The molecule has 0 atom stereocenters. The summed E-state index contributed by atoms with van der Waals surface area (Å²) in [6, 6.07) is 1.18. The largest absolute Gasteiger partial charge is 0.497 e. The van der Waals surface area contributed by atoms with Gasteiger partial charge in [0.2, 0.25) is 18.9 Å². The van der Waals surface area contributed by atoms with Crippen LogP contribution in [0.25, 0.3) is 0 Å². The Bertz CT molecular complexity index is 737. The zero-order chi connectivity index (χ0) is 17.3. The highest BCUT2D eigenvalue weighted by molar-refractivity contribution is 6.68. The number of methoxy groups -OCH3 is 2. The van der Waals surface area contributed by atoms with E-state index in [2.05, 4.69) is 4.74 Å². The van der Waals surface area contributed by atoms with E-state index in [9.17, 15) is 26.3 Å². The fourth-order valence-electron chi connectivity index (χ4n) is 1.95. The van der Waals surface area contributed by atoms with Crippen LogP contribution in [0.3, 0.4) is 0 Å².